The molecule has 0 atom stereocenters. The minimum atomic E-state index is 0.0892. The van der Waals surface area contributed by atoms with Gasteiger partial charge in [0.05, 0.1) is 26.4 Å². The number of morpholine rings is 1. The van der Waals surface area contributed by atoms with Crippen LogP contribution in [0.5, 0.6) is 11.5 Å². The fourth-order valence-corrected chi connectivity index (χ4v) is 3.19. The molecule has 1 aromatic heterocycles. The molecule has 0 radical (unpaired) electrons. The van der Waals surface area contributed by atoms with Gasteiger partial charge in [0, 0.05) is 43.5 Å². The van der Waals surface area contributed by atoms with Crippen molar-refractivity contribution in [3.63, 3.8) is 0 Å². The Kier molecular flexibility index (Phi) is 6.90. The van der Waals surface area contributed by atoms with Gasteiger partial charge in [0.1, 0.15) is 5.82 Å². The molecule has 2 heterocycles. The van der Waals surface area contributed by atoms with Crippen molar-refractivity contribution in [1.82, 2.24) is 10.3 Å². The summed E-state index contributed by atoms with van der Waals surface area (Å²) in [5.41, 5.74) is 2.27. The molecule has 0 saturated carbocycles. The van der Waals surface area contributed by atoms with E-state index in [-0.39, 0.29) is 6.10 Å². The number of nitrogens with one attached hydrogen (secondary N) is 1. The maximum absolute atomic E-state index is 5.99. The van der Waals surface area contributed by atoms with E-state index in [1.54, 1.807) is 7.11 Å². The van der Waals surface area contributed by atoms with E-state index < -0.39 is 0 Å². The lowest BCUT2D eigenvalue weighted by Gasteiger charge is -2.29. The van der Waals surface area contributed by atoms with Gasteiger partial charge in [-0.3, -0.25) is 0 Å². The van der Waals surface area contributed by atoms with Crippen LogP contribution in [-0.4, -0.2) is 44.5 Å². The van der Waals surface area contributed by atoms with Crippen LogP contribution >= 0.6 is 0 Å². The van der Waals surface area contributed by atoms with Gasteiger partial charge < -0.3 is 24.4 Å². The lowest BCUT2D eigenvalue weighted by atomic mass is 10.1. The molecule has 27 heavy (non-hydrogen) atoms. The van der Waals surface area contributed by atoms with Gasteiger partial charge in [-0.1, -0.05) is 18.2 Å². The van der Waals surface area contributed by atoms with E-state index >= 15 is 0 Å². The van der Waals surface area contributed by atoms with E-state index in [1.807, 2.05) is 38.2 Å². The lowest BCUT2D eigenvalue weighted by Crippen LogP contribution is -2.37. The maximum atomic E-state index is 5.99. The molecule has 6 heteroatoms. The van der Waals surface area contributed by atoms with Gasteiger partial charge in [-0.15, -0.1) is 0 Å². The van der Waals surface area contributed by atoms with Crippen molar-refractivity contribution >= 4 is 5.82 Å². The zero-order valence-corrected chi connectivity index (χ0v) is 16.4. The molecule has 2 aromatic rings. The highest BCUT2D eigenvalue weighted by molar-refractivity contribution is 5.48. The van der Waals surface area contributed by atoms with Gasteiger partial charge in [0.25, 0.3) is 0 Å². The summed E-state index contributed by atoms with van der Waals surface area (Å²) in [5, 5.41) is 3.53. The minimum Gasteiger partial charge on any atom is -0.493 e. The Balaban J connectivity index is 1.68. The highest BCUT2D eigenvalue weighted by atomic mass is 16.5. The summed E-state index contributed by atoms with van der Waals surface area (Å²) in [4.78, 5) is 6.89. The van der Waals surface area contributed by atoms with Gasteiger partial charge >= 0.3 is 0 Å². The Morgan fingerprint density at radius 1 is 1.11 bits per heavy atom. The number of hydrogen-bond donors (Lipinski definition) is 1. The molecule has 1 aliphatic heterocycles. The van der Waals surface area contributed by atoms with Crippen molar-refractivity contribution in [1.29, 1.82) is 0 Å². The smallest absolute Gasteiger partial charge is 0.166 e. The number of methoxy groups -OCH3 is 1. The SMILES string of the molecule is COc1cccc(CNCc2cccnc2N2CCOCC2)c1OC(C)C. The highest BCUT2D eigenvalue weighted by Crippen LogP contribution is 2.32. The first kappa shape index (κ1) is 19.5. The molecule has 1 fully saturated rings. The van der Waals surface area contributed by atoms with Crippen LogP contribution in [-0.2, 0) is 17.8 Å². The van der Waals surface area contributed by atoms with Crippen LogP contribution in [0.1, 0.15) is 25.0 Å². The average molecular weight is 371 g/mol. The number of ether oxygens (including phenoxy) is 3. The summed E-state index contributed by atoms with van der Waals surface area (Å²) in [7, 11) is 1.67. The van der Waals surface area contributed by atoms with Gasteiger partial charge in [-0.25, -0.2) is 4.98 Å². The Labute approximate surface area is 161 Å². The summed E-state index contributed by atoms with van der Waals surface area (Å²) >= 11 is 0. The van der Waals surface area contributed by atoms with E-state index in [2.05, 4.69) is 27.3 Å². The number of anilines is 1. The van der Waals surface area contributed by atoms with Crippen molar-refractivity contribution < 1.29 is 14.2 Å². The van der Waals surface area contributed by atoms with E-state index in [0.29, 0.717) is 6.54 Å². The molecule has 0 unspecified atom stereocenters. The highest BCUT2D eigenvalue weighted by Gasteiger charge is 2.16. The van der Waals surface area contributed by atoms with Crippen molar-refractivity contribution in [3.8, 4) is 11.5 Å². The number of nitrogens with zero attached hydrogens (tertiary/aromatic N) is 2. The number of pyridine rings is 1. The number of hydrogen-bond acceptors (Lipinski definition) is 6. The quantitative estimate of drug-likeness (QED) is 0.770. The summed E-state index contributed by atoms with van der Waals surface area (Å²) in [6, 6.07) is 10.1. The topological polar surface area (TPSA) is 55.9 Å². The van der Waals surface area contributed by atoms with Gasteiger partial charge in [0.2, 0.25) is 0 Å². The number of benzene rings is 1. The molecule has 1 aliphatic rings. The number of para-hydroxylation sites is 1. The van der Waals surface area contributed by atoms with Crippen LogP contribution in [0.4, 0.5) is 5.82 Å². The lowest BCUT2D eigenvalue weighted by molar-refractivity contribution is 0.122. The molecule has 0 spiro atoms. The van der Waals surface area contributed by atoms with Crippen molar-refractivity contribution in [2.45, 2.75) is 33.0 Å². The second-order valence-corrected chi connectivity index (χ2v) is 6.80. The maximum Gasteiger partial charge on any atom is 0.166 e. The third-order valence-corrected chi connectivity index (χ3v) is 4.44. The van der Waals surface area contributed by atoms with E-state index in [9.17, 15) is 0 Å². The standard InChI is InChI=1S/C21H29N3O3/c1-16(2)27-20-17(6-4-8-19(20)25-3)14-22-15-18-7-5-9-23-21(18)24-10-12-26-13-11-24/h4-9,16,22H,10-15H2,1-3H3. The number of aromatic nitrogens is 1. The summed E-state index contributed by atoms with van der Waals surface area (Å²) < 4.78 is 16.9. The third kappa shape index (κ3) is 5.11. The fourth-order valence-electron chi connectivity index (χ4n) is 3.19. The molecule has 1 aromatic carbocycles. The predicted molar refractivity (Wildman–Crippen MR) is 107 cm³/mol. The Morgan fingerprint density at radius 3 is 2.59 bits per heavy atom. The monoisotopic (exact) mass is 371 g/mol. The zero-order valence-electron chi connectivity index (χ0n) is 16.4. The van der Waals surface area contributed by atoms with Gasteiger partial charge in [-0.05, 0) is 26.0 Å². The van der Waals surface area contributed by atoms with Crippen molar-refractivity contribution in [2.75, 3.05) is 38.3 Å². The molecule has 6 nitrogen and oxygen atoms in total. The van der Waals surface area contributed by atoms with E-state index in [0.717, 1.165) is 55.7 Å². The Hall–Kier alpha value is -2.31. The normalized spacial score (nSPS) is 14.4. The van der Waals surface area contributed by atoms with Crippen LogP contribution in [0.2, 0.25) is 0 Å². The molecule has 0 amide bonds. The van der Waals surface area contributed by atoms with Crippen LogP contribution in [0.15, 0.2) is 36.5 Å². The molecule has 3 rings (SSSR count). The molecular formula is C21H29N3O3. The largest absolute Gasteiger partial charge is 0.493 e. The Bertz CT molecular complexity index is 730. The van der Waals surface area contributed by atoms with Crippen LogP contribution in [0, 0.1) is 0 Å². The van der Waals surface area contributed by atoms with Crippen molar-refractivity contribution in [2.24, 2.45) is 0 Å². The van der Waals surface area contributed by atoms with Gasteiger partial charge in [-0.2, -0.15) is 0 Å². The zero-order chi connectivity index (χ0) is 19.1. The molecule has 146 valence electrons. The third-order valence-electron chi connectivity index (χ3n) is 4.44. The van der Waals surface area contributed by atoms with Crippen LogP contribution in [0.25, 0.3) is 0 Å². The van der Waals surface area contributed by atoms with Crippen LogP contribution in [0.3, 0.4) is 0 Å². The predicted octanol–water partition coefficient (Wildman–Crippen LogP) is 3.00. The minimum absolute atomic E-state index is 0.0892. The average Bonchev–Trinajstić information content (AvgIpc) is 2.70. The van der Waals surface area contributed by atoms with E-state index in [4.69, 9.17) is 14.2 Å². The van der Waals surface area contributed by atoms with Crippen molar-refractivity contribution in [3.05, 3.63) is 47.7 Å². The number of rotatable bonds is 8. The molecule has 1 saturated heterocycles. The second kappa shape index (κ2) is 9.58. The summed E-state index contributed by atoms with van der Waals surface area (Å²) in [6.45, 7) is 8.74. The van der Waals surface area contributed by atoms with Gasteiger partial charge in [0.15, 0.2) is 11.5 Å². The molecule has 0 bridgehead atoms. The first-order chi connectivity index (χ1) is 13.2. The first-order valence-electron chi connectivity index (χ1n) is 9.49. The second-order valence-electron chi connectivity index (χ2n) is 6.80. The first-order valence-corrected chi connectivity index (χ1v) is 9.49. The Morgan fingerprint density at radius 2 is 1.85 bits per heavy atom. The fraction of sp³-hybridized carbons (Fsp3) is 0.476. The molecular weight excluding hydrogens is 342 g/mol. The summed E-state index contributed by atoms with van der Waals surface area (Å²) in [6.07, 6.45) is 1.94. The molecule has 1 N–H and O–H groups in total. The summed E-state index contributed by atoms with van der Waals surface area (Å²) in [5.74, 6) is 2.61. The van der Waals surface area contributed by atoms with Crippen LogP contribution < -0.4 is 19.7 Å². The van der Waals surface area contributed by atoms with E-state index in [1.165, 1.54) is 5.56 Å². The molecule has 0 aliphatic carbocycles.